The van der Waals surface area contributed by atoms with Crippen molar-refractivity contribution in [2.75, 3.05) is 7.11 Å². The predicted octanol–water partition coefficient (Wildman–Crippen LogP) is 3.68. The summed E-state index contributed by atoms with van der Waals surface area (Å²) in [6.07, 6.45) is 0. The molecule has 0 bridgehead atoms. The van der Waals surface area contributed by atoms with Crippen LogP contribution in [0.5, 0.6) is 5.75 Å². The lowest BCUT2D eigenvalue weighted by molar-refractivity contribution is 0.410. The molecule has 66 valence electrons. The summed E-state index contributed by atoms with van der Waals surface area (Å²) in [6.45, 7) is 0. The van der Waals surface area contributed by atoms with Crippen molar-refractivity contribution in [3.63, 3.8) is 0 Å². The lowest BCUT2D eigenvalue weighted by Gasteiger charge is -2.14. The van der Waals surface area contributed by atoms with Gasteiger partial charge >= 0.3 is 0 Å². The van der Waals surface area contributed by atoms with E-state index in [0.717, 1.165) is 0 Å². The van der Waals surface area contributed by atoms with Crippen LogP contribution in [-0.4, -0.2) is 7.11 Å². The molecular formula is C8H7BrCl2O. The molecule has 0 heterocycles. The molecular weight excluding hydrogens is 263 g/mol. The van der Waals surface area contributed by atoms with Crippen molar-refractivity contribution in [1.82, 2.24) is 0 Å². The minimum atomic E-state index is -1.08. The molecule has 0 aliphatic carbocycles. The van der Waals surface area contributed by atoms with Crippen LogP contribution in [0.25, 0.3) is 0 Å². The van der Waals surface area contributed by atoms with E-state index in [-0.39, 0.29) is 0 Å². The Kier molecular flexibility index (Phi) is 3.27. The zero-order chi connectivity index (χ0) is 9.19. The maximum atomic E-state index is 5.84. The standard InChI is InChI=1S/C8H7BrCl2O/c1-12-7-5-3-2-4-6(7)8(9,10)11/h2-5H,1H3. The molecule has 0 amide bonds. The van der Waals surface area contributed by atoms with Crippen LogP contribution in [0.2, 0.25) is 0 Å². The van der Waals surface area contributed by atoms with Gasteiger partial charge in [-0.25, -0.2) is 0 Å². The fraction of sp³-hybridized carbons (Fsp3) is 0.250. The molecule has 1 aromatic rings. The topological polar surface area (TPSA) is 9.23 Å². The van der Waals surface area contributed by atoms with Crippen LogP contribution in [0.15, 0.2) is 24.3 Å². The third-order valence-corrected chi connectivity index (χ3v) is 2.25. The van der Waals surface area contributed by atoms with E-state index < -0.39 is 3.24 Å². The van der Waals surface area contributed by atoms with Gasteiger partial charge in [0.1, 0.15) is 5.75 Å². The number of hydrogen-bond donors (Lipinski definition) is 0. The molecule has 0 aromatic heterocycles. The van der Waals surface area contributed by atoms with Gasteiger partial charge in [-0.05, 0) is 22.0 Å². The largest absolute Gasteiger partial charge is 0.496 e. The quantitative estimate of drug-likeness (QED) is 0.745. The molecule has 1 rings (SSSR count). The summed E-state index contributed by atoms with van der Waals surface area (Å²) < 4.78 is 3.99. The molecule has 0 atom stereocenters. The summed E-state index contributed by atoms with van der Waals surface area (Å²) in [5.41, 5.74) is 0.704. The normalized spacial score (nSPS) is 11.3. The summed E-state index contributed by atoms with van der Waals surface area (Å²) in [6, 6.07) is 7.30. The van der Waals surface area contributed by atoms with E-state index in [2.05, 4.69) is 15.9 Å². The van der Waals surface area contributed by atoms with Gasteiger partial charge in [-0.1, -0.05) is 41.4 Å². The molecule has 4 heteroatoms. The summed E-state index contributed by atoms with van der Waals surface area (Å²) in [7, 11) is 1.57. The Balaban J connectivity index is 3.14. The molecule has 0 unspecified atom stereocenters. The van der Waals surface area contributed by atoms with Crippen molar-refractivity contribution in [2.45, 2.75) is 3.24 Å². The highest BCUT2D eigenvalue weighted by Crippen LogP contribution is 2.44. The van der Waals surface area contributed by atoms with Crippen molar-refractivity contribution in [2.24, 2.45) is 0 Å². The van der Waals surface area contributed by atoms with Crippen LogP contribution in [0.1, 0.15) is 5.56 Å². The number of para-hydroxylation sites is 1. The van der Waals surface area contributed by atoms with Gasteiger partial charge in [0.2, 0.25) is 3.24 Å². The zero-order valence-corrected chi connectivity index (χ0v) is 9.45. The van der Waals surface area contributed by atoms with Gasteiger partial charge in [0.25, 0.3) is 0 Å². The van der Waals surface area contributed by atoms with E-state index in [0.29, 0.717) is 11.3 Å². The van der Waals surface area contributed by atoms with Crippen LogP contribution >= 0.6 is 39.1 Å². The summed E-state index contributed by atoms with van der Waals surface area (Å²) in [5.74, 6) is 0.666. The minimum Gasteiger partial charge on any atom is -0.496 e. The number of halogens is 3. The maximum absolute atomic E-state index is 5.84. The average Bonchev–Trinajstić information content (AvgIpc) is 2.03. The zero-order valence-electron chi connectivity index (χ0n) is 6.35. The van der Waals surface area contributed by atoms with E-state index in [9.17, 15) is 0 Å². The van der Waals surface area contributed by atoms with Gasteiger partial charge in [-0.3, -0.25) is 0 Å². The number of benzene rings is 1. The lowest BCUT2D eigenvalue weighted by atomic mass is 10.2. The Labute approximate surface area is 89.7 Å². The molecule has 0 saturated heterocycles. The Morgan fingerprint density at radius 1 is 1.33 bits per heavy atom. The van der Waals surface area contributed by atoms with Gasteiger partial charge in [0.15, 0.2) is 0 Å². The number of alkyl halides is 3. The van der Waals surface area contributed by atoms with Crippen LogP contribution in [0.3, 0.4) is 0 Å². The Morgan fingerprint density at radius 3 is 2.33 bits per heavy atom. The number of rotatable bonds is 2. The summed E-state index contributed by atoms with van der Waals surface area (Å²) in [5, 5.41) is 0. The third kappa shape index (κ3) is 2.28. The van der Waals surface area contributed by atoms with E-state index in [4.69, 9.17) is 27.9 Å². The average molecular weight is 270 g/mol. The molecule has 0 saturated carbocycles. The maximum Gasteiger partial charge on any atom is 0.200 e. The van der Waals surface area contributed by atoms with E-state index >= 15 is 0 Å². The highest BCUT2D eigenvalue weighted by Gasteiger charge is 2.25. The van der Waals surface area contributed by atoms with Crippen molar-refractivity contribution < 1.29 is 4.74 Å². The highest BCUT2D eigenvalue weighted by atomic mass is 79.9. The molecule has 0 radical (unpaired) electrons. The predicted molar refractivity (Wildman–Crippen MR) is 55.3 cm³/mol. The first-order valence-corrected chi connectivity index (χ1v) is 4.81. The van der Waals surface area contributed by atoms with Crippen LogP contribution in [0.4, 0.5) is 0 Å². The second-order valence-corrected chi connectivity index (χ2v) is 5.63. The summed E-state index contributed by atoms with van der Waals surface area (Å²) >= 11 is 14.8. The smallest absolute Gasteiger partial charge is 0.200 e. The van der Waals surface area contributed by atoms with E-state index in [1.807, 2.05) is 12.1 Å². The lowest BCUT2D eigenvalue weighted by Crippen LogP contribution is -2.01. The Hall–Kier alpha value is 0.0800. The van der Waals surface area contributed by atoms with E-state index in [1.165, 1.54) is 0 Å². The molecule has 0 spiro atoms. The second kappa shape index (κ2) is 3.86. The second-order valence-electron chi connectivity index (χ2n) is 2.20. The van der Waals surface area contributed by atoms with Crippen molar-refractivity contribution in [1.29, 1.82) is 0 Å². The molecule has 0 fully saturated rings. The third-order valence-electron chi connectivity index (χ3n) is 1.41. The molecule has 0 aliphatic rings. The fourth-order valence-corrected chi connectivity index (χ4v) is 1.52. The van der Waals surface area contributed by atoms with Gasteiger partial charge in [-0.15, -0.1) is 0 Å². The highest BCUT2D eigenvalue weighted by molar-refractivity contribution is 9.10. The SMILES string of the molecule is COc1ccccc1C(Cl)(Cl)Br. The fourth-order valence-electron chi connectivity index (χ4n) is 0.879. The van der Waals surface area contributed by atoms with Crippen molar-refractivity contribution in [3.8, 4) is 5.75 Å². The van der Waals surface area contributed by atoms with Gasteiger partial charge in [-0.2, -0.15) is 0 Å². The Bertz CT molecular complexity index is 270. The number of methoxy groups -OCH3 is 1. The Morgan fingerprint density at radius 2 is 1.92 bits per heavy atom. The molecule has 0 N–H and O–H groups in total. The molecule has 0 aliphatic heterocycles. The van der Waals surface area contributed by atoms with Gasteiger partial charge in [0, 0.05) is 5.56 Å². The van der Waals surface area contributed by atoms with Gasteiger partial charge < -0.3 is 4.74 Å². The monoisotopic (exact) mass is 268 g/mol. The number of ether oxygens (including phenoxy) is 1. The molecule has 1 nitrogen and oxygen atoms in total. The minimum absolute atomic E-state index is 0.666. The van der Waals surface area contributed by atoms with Crippen molar-refractivity contribution in [3.05, 3.63) is 29.8 Å². The van der Waals surface area contributed by atoms with Crippen LogP contribution in [0, 0.1) is 0 Å². The van der Waals surface area contributed by atoms with Gasteiger partial charge in [0.05, 0.1) is 7.11 Å². The van der Waals surface area contributed by atoms with E-state index in [1.54, 1.807) is 19.2 Å². The number of hydrogen-bond acceptors (Lipinski definition) is 1. The van der Waals surface area contributed by atoms with Crippen LogP contribution in [-0.2, 0) is 3.24 Å². The first kappa shape index (κ1) is 10.2. The summed E-state index contributed by atoms with van der Waals surface area (Å²) in [4.78, 5) is 0. The first-order valence-electron chi connectivity index (χ1n) is 3.26. The van der Waals surface area contributed by atoms with Crippen molar-refractivity contribution >= 4 is 39.1 Å². The van der Waals surface area contributed by atoms with Crippen LogP contribution < -0.4 is 4.74 Å². The first-order chi connectivity index (χ1) is 5.55. The molecule has 1 aromatic carbocycles. The molecule has 12 heavy (non-hydrogen) atoms.